The van der Waals surface area contributed by atoms with E-state index in [0.717, 1.165) is 25.7 Å². The van der Waals surface area contributed by atoms with Crippen molar-refractivity contribution in [3.8, 4) is 11.1 Å². The van der Waals surface area contributed by atoms with Crippen LogP contribution in [0.5, 0.6) is 0 Å². The maximum Gasteiger partial charge on any atom is 0.00827 e. The molecule has 0 nitrogen and oxygen atoms in total. The highest BCUT2D eigenvalue weighted by atomic mass is 14.3. The van der Waals surface area contributed by atoms with Gasteiger partial charge >= 0.3 is 0 Å². The van der Waals surface area contributed by atoms with Crippen molar-refractivity contribution in [3.05, 3.63) is 112 Å². The van der Waals surface area contributed by atoms with Crippen LogP contribution < -0.4 is 0 Å². The summed E-state index contributed by atoms with van der Waals surface area (Å²) in [6.07, 6.45) is 20.1. The van der Waals surface area contributed by atoms with Gasteiger partial charge in [0, 0.05) is 5.92 Å². The molecule has 5 rings (SSSR count). The Hall–Kier alpha value is -2.86. The molecule has 0 spiro atoms. The maximum absolute atomic E-state index is 4.61. The van der Waals surface area contributed by atoms with E-state index in [1.165, 1.54) is 74.9 Å². The number of benzene rings is 2. The fourth-order valence-electron chi connectivity index (χ4n) is 7.00. The van der Waals surface area contributed by atoms with Gasteiger partial charge in [-0.15, -0.1) is 0 Å². The van der Waals surface area contributed by atoms with E-state index in [2.05, 4.69) is 108 Å². The van der Waals surface area contributed by atoms with Crippen molar-refractivity contribution in [2.45, 2.75) is 79.6 Å². The minimum absolute atomic E-state index is 0.288. The average molecular weight is 503 g/mol. The molecule has 3 aliphatic rings. The van der Waals surface area contributed by atoms with E-state index in [9.17, 15) is 0 Å². The summed E-state index contributed by atoms with van der Waals surface area (Å²) in [7, 11) is 0. The lowest BCUT2D eigenvalue weighted by atomic mass is 9.71. The second kappa shape index (κ2) is 10.7. The van der Waals surface area contributed by atoms with Crippen molar-refractivity contribution in [1.82, 2.24) is 0 Å². The van der Waals surface area contributed by atoms with Crippen molar-refractivity contribution >= 4 is 6.08 Å². The summed E-state index contributed by atoms with van der Waals surface area (Å²) in [6.45, 7) is 20.6. The van der Waals surface area contributed by atoms with Gasteiger partial charge in [0.25, 0.3) is 0 Å². The van der Waals surface area contributed by atoms with Crippen LogP contribution in [0.4, 0.5) is 0 Å². The van der Waals surface area contributed by atoms with Crippen molar-refractivity contribution in [2.24, 2.45) is 23.2 Å². The molecule has 0 amide bonds. The Morgan fingerprint density at radius 3 is 2.53 bits per heavy atom. The zero-order valence-corrected chi connectivity index (χ0v) is 24.4. The first-order valence-electron chi connectivity index (χ1n) is 14.7. The predicted molar refractivity (Wildman–Crippen MR) is 166 cm³/mol. The summed E-state index contributed by atoms with van der Waals surface area (Å²) in [4.78, 5) is 0. The minimum atomic E-state index is 0.288. The lowest BCUT2D eigenvalue weighted by Crippen LogP contribution is -2.21. The zero-order chi connectivity index (χ0) is 27.0. The smallest absolute Gasteiger partial charge is 0.00827 e. The first-order valence-corrected chi connectivity index (χ1v) is 14.7. The van der Waals surface area contributed by atoms with E-state index in [1.807, 2.05) is 0 Å². The molecule has 2 aromatic carbocycles. The Morgan fingerprint density at radius 1 is 0.974 bits per heavy atom. The van der Waals surface area contributed by atoms with Crippen LogP contribution in [0.15, 0.2) is 84.5 Å². The van der Waals surface area contributed by atoms with Gasteiger partial charge in [-0.3, -0.25) is 0 Å². The summed E-state index contributed by atoms with van der Waals surface area (Å²) in [6, 6.07) is 11.8. The number of hydrogen-bond donors (Lipinski definition) is 0. The molecule has 0 saturated heterocycles. The van der Waals surface area contributed by atoms with Gasteiger partial charge in [-0.2, -0.15) is 0 Å². The van der Waals surface area contributed by atoms with Crippen molar-refractivity contribution in [1.29, 1.82) is 0 Å². The highest BCUT2D eigenvalue weighted by molar-refractivity contribution is 5.80. The van der Waals surface area contributed by atoms with Gasteiger partial charge in [0.2, 0.25) is 0 Å². The third-order valence-corrected chi connectivity index (χ3v) is 8.92. The molecule has 38 heavy (non-hydrogen) atoms. The SMILES string of the molecule is C=C1C=CC(CC(C)(C)C)C(=C)C1CC1=Cc2cccc(-c3cc(C)cc(C)c3CC3C=CCCC3)c2C1. The number of fused-ring (bicyclic) bond motifs is 1. The first kappa shape index (κ1) is 26.7. The summed E-state index contributed by atoms with van der Waals surface area (Å²) >= 11 is 0. The van der Waals surface area contributed by atoms with Gasteiger partial charge in [-0.25, -0.2) is 0 Å². The van der Waals surface area contributed by atoms with E-state index in [1.54, 1.807) is 0 Å². The van der Waals surface area contributed by atoms with Gasteiger partial charge in [-0.1, -0.05) is 111 Å². The quantitative estimate of drug-likeness (QED) is 0.345. The van der Waals surface area contributed by atoms with Gasteiger partial charge in [0.1, 0.15) is 0 Å². The topological polar surface area (TPSA) is 0 Å². The molecule has 3 unspecified atom stereocenters. The zero-order valence-electron chi connectivity index (χ0n) is 24.4. The Labute approximate surface area is 232 Å². The number of allylic oxidation sites excluding steroid dienone is 7. The van der Waals surface area contributed by atoms with Crippen molar-refractivity contribution in [2.75, 3.05) is 0 Å². The first-order chi connectivity index (χ1) is 18.1. The highest BCUT2D eigenvalue weighted by Gasteiger charge is 2.30. The molecular weight excluding hydrogens is 456 g/mol. The maximum atomic E-state index is 4.61. The standard InChI is InChI=1S/C38H46/c1-25-18-27(3)35(21-29-12-9-8-10-13-29)37(19-25)33-15-11-14-31-20-30(23-36(31)33)22-34-26(2)16-17-32(28(34)4)24-38(5,6)7/h9,11-12,14-20,29,32,34H,2,4,8,10,13,21-24H2,1,3,5-7H3. The molecule has 0 fully saturated rings. The fourth-order valence-corrected chi connectivity index (χ4v) is 7.00. The minimum Gasteiger partial charge on any atom is -0.0986 e. The molecule has 2 aromatic rings. The largest absolute Gasteiger partial charge is 0.0986 e. The summed E-state index contributed by atoms with van der Waals surface area (Å²) < 4.78 is 0. The Balaban J connectivity index is 1.41. The van der Waals surface area contributed by atoms with Gasteiger partial charge in [0.15, 0.2) is 0 Å². The van der Waals surface area contributed by atoms with Crippen LogP contribution in [0.2, 0.25) is 0 Å². The number of aryl methyl sites for hydroxylation is 2. The summed E-state index contributed by atoms with van der Waals surface area (Å²) in [5.74, 6) is 1.44. The predicted octanol–water partition coefficient (Wildman–Crippen LogP) is 10.5. The van der Waals surface area contributed by atoms with Crippen LogP contribution in [-0.2, 0) is 12.8 Å². The van der Waals surface area contributed by atoms with Gasteiger partial charge in [-0.05, 0) is 115 Å². The van der Waals surface area contributed by atoms with Crippen LogP contribution in [0.1, 0.15) is 80.7 Å². The van der Waals surface area contributed by atoms with E-state index in [0.29, 0.717) is 17.8 Å². The number of hydrogen-bond acceptors (Lipinski definition) is 0. The Bertz CT molecular complexity index is 1330. The molecule has 0 aliphatic heterocycles. The highest BCUT2D eigenvalue weighted by Crippen LogP contribution is 2.44. The van der Waals surface area contributed by atoms with Gasteiger partial charge < -0.3 is 0 Å². The van der Waals surface area contributed by atoms with E-state index < -0.39 is 0 Å². The molecule has 198 valence electrons. The van der Waals surface area contributed by atoms with Crippen LogP contribution in [-0.4, -0.2) is 0 Å². The molecular formula is C38H46. The molecule has 0 heterocycles. The van der Waals surface area contributed by atoms with Crippen molar-refractivity contribution < 1.29 is 0 Å². The molecule has 0 heteroatoms. The lowest BCUT2D eigenvalue weighted by Gasteiger charge is -2.33. The number of rotatable bonds is 6. The Morgan fingerprint density at radius 2 is 1.79 bits per heavy atom. The van der Waals surface area contributed by atoms with E-state index in [-0.39, 0.29) is 5.41 Å². The van der Waals surface area contributed by atoms with Crippen LogP contribution in [0, 0.1) is 37.0 Å². The van der Waals surface area contributed by atoms with Crippen LogP contribution in [0.25, 0.3) is 17.2 Å². The molecule has 0 radical (unpaired) electrons. The van der Waals surface area contributed by atoms with Crippen molar-refractivity contribution in [3.63, 3.8) is 0 Å². The molecule has 3 aliphatic carbocycles. The lowest BCUT2D eigenvalue weighted by molar-refractivity contribution is 0.334. The second-order valence-corrected chi connectivity index (χ2v) is 13.4. The third kappa shape index (κ3) is 5.75. The molecule has 0 N–H and O–H groups in total. The third-order valence-electron chi connectivity index (χ3n) is 8.92. The van der Waals surface area contributed by atoms with Crippen LogP contribution >= 0.6 is 0 Å². The normalized spacial score (nSPS) is 23.1. The summed E-state index contributed by atoms with van der Waals surface area (Å²) in [5.41, 5.74) is 14.5. The van der Waals surface area contributed by atoms with E-state index in [4.69, 9.17) is 0 Å². The van der Waals surface area contributed by atoms with Crippen LogP contribution in [0.3, 0.4) is 0 Å². The molecule has 0 saturated carbocycles. The van der Waals surface area contributed by atoms with Gasteiger partial charge in [0.05, 0.1) is 0 Å². The average Bonchev–Trinajstić information content (AvgIpc) is 3.28. The Kier molecular flexibility index (Phi) is 7.54. The fraction of sp³-hybridized carbons (Fsp3) is 0.421. The molecule has 0 aromatic heterocycles. The second-order valence-electron chi connectivity index (χ2n) is 13.4. The monoisotopic (exact) mass is 502 g/mol. The summed E-state index contributed by atoms with van der Waals surface area (Å²) in [5, 5.41) is 0. The van der Waals surface area contributed by atoms with E-state index >= 15 is 0 Å². The molecule has 0 bridgehead atoms. The molecule has 3 atom stereocenters.